The van der Waals surface area contributed by atoms with Crippen LogP contribution in [0.1, 0.15) is 0 Å². The minimum Gasteiger partial charge on any atom is -0.355 e. The standard InChI is InChI=1S/C30H19NSi/c1-2-8-20-18-26-21(17-19(20)7-1)15-16-24-22(26)10-5-13-28(24)32-29-14-6-11-25-23-9-3-4-12-27(23)31-30(25)29/h1-18,31H. The normalized spacial score (nSPS) is 11.9. The quantitative estimate of drug-likeness (QED) is 0.188. The molecule has 0 bridgehead atoms. The van der Waals surface area contributed by atoms with Gasteiger partial charge in [-0.05, 0) is 55.7 Å². The largest absolute Gasteiger partial charge is 0.355 e. The Bertz CT molecular complexity index is 1810. The summed E-state index contributed by atoms with van der Waals surface area (Å²) in [5.41, 5.74) is 2.46. The number of H-pyrrole nitrogens is 1. The van der Waals surface area contributed by atoms with Crippen molar-refractivity contribution in [2.75, 3.05) is 0 Å². The van der Waals surface area contributed by atoms with Crippen molar-refractivity contribution in [2.45, 2.75) is 0 Å². The molecular weight excluding hydrogens is 402 g/mol. The minimum absolute atomic E-state index is 0.590. The van der Waals surface area contributed by atoms with Gasteiger partial charge in [-0.15, -0.1) is 0 Å². The van der Waals surface area contributed by atoms with Gasteiger partial charge in [-0.25, -0.2) is 0 Å². The molecule has 2 radical (unpaired) electrons. The maximum atomic E-state index is 3.67. The molecule has 2 heteroatoms. The second-order valence-corrected chi connectivity index (χ2v) is 9.74. The van der Waals surface area contributed by atoms with Crippen molar-refractivity contribution in [3.05, 3.63) is 109 Å². The lowest BCUT2D eigenvalue weighted by Gasteiger charge is -2.11. The van der Waals surface area contributed by atoms with Crippen LogP contribution in [0.3, 0.4) is 0 Å². The van der Waals surface area contributed by atoms with Gasteiger partial charge in [0.15, 0.2) is 0 Å². The van der Waals surface area contributed by atoms with Crippen LogP contribution in [0.25, 0.3) is 54.1 Å². The summed E-state index contributed by atoms with van der Waals surface area (Å²) in [5.74, 6) is 0. The van der Waals surface area contributed by atoms with E-state index >= 15 is 0 Å². The summed E-state index contributed by atoms with van der Waals surface area (Å²) in [4.78, 5) is 3.67. The number of nitrogens with one attached hydrogen (secondary N) is 1. The molecule has 0 aliphatic heterocycles. The monoisotopic (exact) mass is 421 g/mol. The molecule has 0 spiro atoms. The Labute approximate surface area is 188 Å². The van der Waals surface area contributed by atoms with Gasteiger partial charge in [0, 0.05) is 21.8 Å². The fraction of sp³-hybridized carbons (Fsp3) is 0. The number of fused-ring (bicyclic) bond motifs is 7. The first-order valence-electron chi connectivity index (χ1n) is 11.0. The molecule has 0 saturated heterocycles. The lowest BCUT2D eigenvalue weighted by atomic mass is 9.98. The van der Waals surface area contributed by atoms with Crippen molar-refractivity contribution in [3.63, 3.8) is 0 Å². The molecule has 0 aliphatic carbocycles. The third-order valence-corrected chi connectivity index (χ3v) is 7.95. The molecule has 7 rings (SSSR count). The van der Waals surface area contributed by atoms with E-state index in [1.807, 2.05) is 0 Å². The lowest BCUT2D eigenvalue weighted by Crippen LogP contribution is -2.28. The van der Waals surface area contributed by atoms with Crippen molar-refractivity contribution in [2.24, 2.45) is 0 Å². The molecular formula is C30H19NSi. The Hall–Kier alpha value is -3.88. The first kappa shape index (κ1) is 17.8. The van der Waals surface area contributed by atoms with Crippen LogP contribution in [0.2, 0.25) is 0 Å². The van der Waals surface area contributed by atoms with E-state index in [9.17, 15) is 0 Å². The molecule has 0 amide bonds. The fourth-order valence-corrected chi connectivity index (χ4v) is 6.34. The Morgan fingerprint density at radius 3 is 2.06 bits per heavy atom. The van der Waals surface area contributed by atoms with Gasteiger partial charge in [-0.2, -0.15) is 0 Å². The number of benzene rings is 6. The first-order chi connectivity index (χ1) is 15.8. The summed E-state index contributed by atoms with van der Waals surface area (Å²) >= 11 is 0. The van der Waals surface area contributed by atoms with Crippen molar-refractivity contribution in [1.82, 2.24) is 4.98 Å². The van der Waals surface area contributed by atoms with Crippen molar-refractivity contribution < 1.29 is 0 Å². The zero-order valence-electron chi connectivity index (χ0n) is 17.4. The number of aromatic nitrogens is 1. The van der Waals surface area contributed by atoms with Crippen LogP contribution in [-0.4, -0.2) is 14.5 Å². The minimum atomic E-state index is 0.590. The number of aromatic amines is 1. The van der Waals surface area contributed by atoms with Crippen LogP contribution in [0.4, 0.5) is 0 Å². The molecule has 0 fully saturated rings. The Morgan fingerprint density at radius 1 is 0.438 bits per heavy atom. The van der Waals surface area contributed by atoms with Crippen LogP contribution in [0.5, 0.6) is 0 Å². The fourth-order valence-electron chi connectivity index (χ4n) is 5.01. The topological polar surface area (TPSA) is 15.8 Å². The molecule has 148 valence electrons. The molecule has 1 nitrogen and oxygen atoms in total. The second-order valence-electron chi connectivity index (χ2n) is 8.41. The van der Waals surface area contributed by atoms with Gasteiger partial charge in [-0.1, -0.05) is 96.2 Å². The van der Waals surface area contributed by atoms with E-state index in [4.69, 9.17) is 0 Å². The third-order valence-electron chi connectivity index (χ3n) is 6.55. The molecule has 0 atom stereocenters. The van der Waals surface area contributed by atoms with Gasteiger partial charge in [0.05, 0.1) is 0 Å². The van der Waals surface area contributed by atoms with E-state index in [1.54, 1.807) is 0 Å². The molecule has 7 aromatic rings. The molecule has 32 heavy (non-hydrogen) atoms. The molecule has 0 unspecified atom stereocenters. The maximum Gasteiger partial charge on any atom is 0.125 e. The smallest absolute Gasteiger partial charge is 0.125 e. The van der Waals surface area contributed by atoms with Gasteiger partial charge in [0.25, 0.3) is 0 Å². The molecule has 1 heterocycles. The Morgan fingerprint density at radius 2 is 1.16 bits per heavy atom. The zero-order chi connectivity index (χ0) is 21.1. The third kappa shape index (κ3) is 2.63. The van der Waals surface area contributed by atoms with E-state index in [0.29, 0.717) is 9.52 Å². The maximum absolute atomic E-state index is 3.67. The Kier molecular flexibility index (Phi) is 3.78. The van der Waals surface area contributed by atoms with Crippen molar-refractivity contribution in [1.29, 1.82) is 0 Å². The van der Waals surface area contributed by atoms with Gasteiger partial charge in [0.2, 0.25) is 0 Å². The van der Waals surface area contributed by atoms with Crippen molar-refractivity contribution in [3.8, 4) is 0 Å². The number of hydrogen-bond donors (Lipinski definition) is 1. The van der Waals surface area contributed by atoms with Crippen LogP contribution in [0, 0.1) is 0 Å². The Balaban J connectivity index is 1.44. The van der Waals surface area contributed by atoms with Gasteiger partial charge in [0.1, 0.15) is 9.52 Å². The number of para-hydroxylation sites is 2. The summed E-state index contributed by atoms with van der Waals surface area (Å²) in [6.07, 6.45) is 0. The molecule has 0 aliphatic rings. The highest BCUT2D eigenvalue weighted by Crippen LogP contribution is 2.29. The lowest BCUT2D eigenvalue weighted by molar-refractivity contribution is 1.56. The van der Waals surface area contributed by atoms with Gasteiger partial charge >= 0.3 is 0 Å². The highest BCUT2D eigenvalue weighted by molar-refractivity contribution is 6.72. The average molecular weight is 422 g/mol. The predicted molar refractivity (Wildman–Crippen MR) is 140 cm³/mol. The van der Waals surface area contributed by atoms with Crippen LogP contribution in [0.15, 0.2) is 109 Å². The highest BCUT2D eigenvalue weighted by Gasteiger charge is 2.12. The van der Waals surface area contributed by atoms with Crippen LogP contribution >= 0.6 is 0 Å². The number of hydrogen-bond acceptors (Lipinski definition) is 0. The summed E-state index contributed by atoms with van der Waals surface area (Å²) < 4.78 is 0. The van der Waals surface area contributed by atoms with Crippen molar-refractivity contribution >= 4 is 74.0 Å². The molecule has 1 N–H and O–H groups in total. The first-order valence-corrected chi connectivity index (χ1v) is 12.0. The van der Waals surface area contributed by atoms with E-state index < -0.39 is 0 Å². The summed E-state index contributed by atoms with van der Waals surface area (Å²) in [6, 6.07) is 39.9. The predicted octanol–water partition coefficient (Wildman–Crippen LogP) is 6.44. The van der Waals surface area contributed by atoms with Crippen LogP contribution < -0.4 is 10.4 Å². The summed E-state index contributed by atoms with van der Waals surface area (Å²) in [6.45, 7) is 0. The van der Waals surface area contributed by atoms with Gasteiger partial charge < -0.3 is 4.98 Å². The van der Waals surface area contributed by atoms with E-state index in [0.717, 1.165) is 0 Å². The van der Waals surface area contributed by atoms with E-state index in [-0.39, 0.29) is 0 Å². The summed E-state index contributed by atoms with van der Waals surface area (Å²) in [7, 11) is 0.590. The van der Waals surface area contributed by atoms with Gasteiger partial charge in [-0.3, -0.25) is 0 Å². The molecule has 6 aromatic carbocycles. The van der Waals surface area contributed by atoms with Crippen LogP contribution in [-0.2, 0) is 0 Å². The molecule has 1 aromatic heterocycles. The molecule has 0 saturated carbocycles. The van der Waals surface area contributed by atoms with E-state index in [2.05, 4.69) is 114 Å². The second kappa shape index (κ2) is 6.81. The SMILES string of the molecule is c1ccc2cc3c(ccc4c([Si]c5cccc6c5[nH]c5ccccc56)cccc43)cc2c1. The highest BCUT2D eigenvalue weighted by atomic mass is 28.2. The van der Waals surface area contributed by atoms with E-state index in [1.165, 1.54) is 64.5 Å². The average Bonchev–Trinajstić information content (AvgIpc) is 3.23. The zero-order valence-corrected chi connectivity index (χ0v) is 18.4. The summed E-state index contributed by atoms with van der Waals surface area (Å²) in [5, 5.41) is 13.3. The number of rotatable bonds is 2.